The molecule has 0 saturated carbocycles. The lowest BCUT2D eigenvalue weighted by Crippen LogP contribution is -2.13. The third-order valence-electron chi connectivity index (χ3n) is 11.0. The van der Waals surface area contributed by atoms with Crippen LogP contribution in [0.15, 0.2) is 224 Å². The number of thiophene rings is 2. The van der Waals surface area contributed by atoms with Crippen molar-refractivity contribution in [2.75, 3.05) is 14.7 Å². The lowest BCUT2D eigenvalue weighted by atomic mass is 10.0. The van der Waals surface area contributed by atoms with Crippen LogP contribution in [0.2, 0.25) is 0 Å². The minimum absolute atomic E-state index is 1.10. The highest BCUT2D eigenvalue weighted by Crippen LogP contribution is 2.51. The molecule has 11 aromatic rings. The number of benzene rings is 9. The van der Waals surface area contributed by atoms with Gasteiger partial charge in [-0.1, -0.05) is 121 Å². The highest BCUT2D eigenvalue weighted by Gasteiger charge is 2.25. The molecule has 2 aromatic heterocycles. The van der Waals surface area contributed by atoms with Gasteiger partial charge in [-0.25, -0.2) is 0 Å². The Morgan fingerprint density at radius 3 is 1.31 bits per heavy atom. The first kappa shape index (κ1) is 35.0. The van der Waals surface area contributed by atoms with E-state index in [1.54, 1.807) is 0 Å². The Morgan fingerprint density at radius 1 is 0.254 bits per heavy atom. The van der Waals surface area contributed by atoms with Crippen molar-refractivity contribution in [3.05, 3.63) is 224 Å². The molecule has 0 aliphatic heterocycles. The summed E-state index contributed by atoms with van der Waals surface area (Å²) in [5.74, 6) is 0. The largest absolute Gasteiger partial charge is 0.310 e. The van der Waals surface area contributed by atoms with Gasteiger partial charge in [-0.2, -0.15) is 0 Å². The van der Waals surface area contributed by atoms with Crippen LogP contribution in [-0.4, -0.2) is 0 Å². The molecule has 280 valence electrons. The Bertz CT molecular complexity index is 3140. The molecular formula is C54H37N3S2. The normalized spacial score (nSPS) is 11.4. The molecule has 0 atom stereocenters. The number of rotatable bonds is 9. The van der Waals surface area contributed by atoms with Crippen molar-refractivity contribution in [1.29, 1.82) is 0 Å². The van der Waals surface area contributed by atoms with Gasteiger partial charge in [0, 0.05) is 75.5 Å². The van der Waals surface area contributed by atoms with Gasteiger partial charge in [0.2, 0.25) is 0 Å². The van der Waals surface area contributed by atoms with Crippen LogP contribution in [0.3, 0.4) is 0 Å². The van der Waals surface area contributed by atoms with Crippen molar-refractivity contribution in [2.45, 2.75) is 0 Å². The minimum atomic E-state index is 1.10. The van der Waals surface area contributed by atoms with Crippen LogP contribution < -0.4 is 14.7 Å². The first-order valence-electron chi connectivity index (χ1n) is 19.8. The molecule has 0 spiro atoms. The quantitative estimate of drug-likeness (QED) is 0.144. The fourth-order valence-electron chi connectivity index (χ4n) is 8.40. The van der Waals surface area contributed by atoms with E-state index >= 15 is 0 Å². The predicted molar refractivity (Wildman–Crippen MR) is 256 cm³/mol. The van der Waals surface area contributed by atoms with Gasteiger partial charge in [0.05, 0.1) is 16.1 Å². The molecule has 11 rings (SSSR count). The Balaban J connectivity index is 1.22. The van der Waals surface area contributed by atoms with Crippen molar-refractivity contribution in [2.24, 2.45) is 0 Å². The third-order valence-corrected chi connectivity index (χ3v) is 13.3. The number of hydrogen-bond acceptors (Lipinski definition) is 5. The molecule has 2 heterocycles. The summed E-state index contributed by atoms with van der Waals surface area (Å²) >= 11 is 3.72. The first-order chi connectivity index (χ1) is 29.3. The smallest absolute Gasteiger partial charge is 0.0640 e. The van der Waals surface area contributed by atoms with Crippen molar-refractivity contribution < 1.29 is 0 Å². The Labute approximate surface area is 351 Å². The van der Waals surface area contributed by atoms with Gasteiger partial charge >= 0.3 is 0 Å². The molecule has 59 heavy (non-hydrogen) atoms. The average molecular weight is 792 g/mol. The van der Waals surface area contributed by atoms with Crippen molar-refractivity contribution >= 4 is 114 Å². The number of nitrogens with zero attached hydrogens (tertiary/aromatic N) is 3. The number of fused-ring (bicyclic) bond motifs is 6. The van der Waals surface area contributed by atoms with Gasteiger partial charge < -0.3 is 14.7 Å². The monoisotopic (exact) mass is 791 g/mol. The van der Waals surface area contributed by atoms with E-state index in [0.717, 1.165) is 51.2 Å². The molecule has 3 nitrogen and oxygen atoms in total. The molecule has 0 radical (unpaired) electrons. The maximum absolute atomic E-state index is 2.46. The Morgan fingerprint density at radius 2 is 0.729 bits per heavy atom. The second kappa shape index (κ2) is 15.0. The van der Waals surface area contributed by atoms with Crippen molar-refractivity contribution in [3.8, 4) is 0 Å². The predicted octanol–water partition coefficient (Wildman–Crippen LogP) is 16.8. The summed E-state index contributed by atoms with van der Waals surface area (Å²) in [5, 5.41) is 5.00. The van der Waals surface area contributed by atoms with Crippen LogP contribution in [0.1, 0.15) is 0 Å². The highest BCUT2D eigenvalue weighted by atomic mass is 32.1. The molecule has 5 heteroatoms. The molecule has 9 aromatic carbocycles. The third kappa shape index (κ3) is 6.29. The Hall–Kier alpha value is -7.18. The van der Waals surface area contributed by atoms with Gasteiger partial charge in [-0.05, 0) is 103 Å². The molecule has 0 N–H and O–H groups in total. The fourth-order valence-corrected chi connectivity index (χ4v) is 10.7. The molecule has 0 bridgehead atoms. The summed E-state index contributed by atoms with van der Waals surface area (Å²) in [6.45, 7) is 0. The first-order valence-corrected chi connectivity index (χ1v) is 21.5. The molecule has 0 amide bonds. The van der Waals surface area contributed by atoms with Crippen LogP contribution in [0.4, 0.5) is 51.2 Å². The van der Waals surface area contributed by atoms with Crippen molar-refractivity contribution in [3.63, 3.8) is 0 Å². The van der Waals surface area contributed by atoms with E-state index in [4.69, 9.17) is 0 Å². The highest BCUT2D eigenvalue weighted by molar-refractivity contribution is 7.26. The average Bonchev–Trinajstić information content (AvgIpc) is 3.87. The second-order valence-corrected chi connectivity index (χ2v) is 16.7. The zero-order chi connectivity index (χ0) is 39.1. The van der Waals surface area contributed by atoms with Gasteiger partial charge in [0.25, 0.3) is 0 Å². The van der Waals surface area contributed by atoms with E-state index in [9.17, 15) is 0 Å². The van der Waals surface area contributed by atoms with E-state index in [-0.39, 0.29) is 0 Å². The summed E-state index contributed by atoms with van der Waals surface area (Å²) in [6.07, 6.45) is 0. The van der Waals surface area contributed by atoms with Crippen LogP contribution in [0.25, 0.3) is 40.3 Å². The van der Waals surface area contributed by atoms with Crippen LogP contribution in [-0.2, 0) is 0 Å². The maximum atomic E-state index is 2.46. The molecule has 0 fully saturated rings. The van der Waals surface area contributed by atoms with Gasteiger partial charge in [0.15, 0.2) is 0 Å². The number of anilines is 9. The molecule has 0 unspecified atom stereocenters. The van der Waals surface area contributed by atoms with Gasteiger partial charge in [0.1, 0.15) is 0 Å². The van der Waals surface area contributed by atoms with Crippen LogP contribution in [0, 0.1) is 0 Å². The summed E-state index contributed by atoms with van der Waals surface area (Å²) in [5.41, 5.74) is 10.0. The molecule has 0 aliphatic carbocycles. The van der Waals surface area contributed by atoms with E-state index in [2.05, 4.69) is 239 Å². The summed E-state index contributed by atoms with van der Waals surface area (Å²) in [6, 6.07) is 81.0. The topological polar surface area (TPSA) is 9.72 Å². The van der Waals surface area contributed by atoms with Crippen LogP contribution >= 0.6 is 22.7 Å². The van der Waals surface area contributed by atoms with Gasteiger partial charge in [-0.3, -0.25) is 0 Å². The molecular weight excluding hydrogens is 755 g/mol. The Kier molecular flexibility index (Phi) is 8.88. The fraction of sp³-hybridized carbons (Fsp3) is 0. The van der Waals surface area contributed by atoms with E-state index in [1.807, 2.05) is 22.7 Å². The number of para-hydroxylation sites is 5. The van der Waals surface area contributed by atoms with Gasteiger partial charge in [-0.15, -0.1) is 22.7 Å². The summed E-state index contributed by atoms with van der Waals surface area (Å²) < 4.78 is 5.02. The standard InChI is InChI=1S/C54H37N3S2/c1-6-19-38(20-7-1)55(39-21-8-2-9-22-39)43-33-34-51-47(35-43)53-49(56(40-23-10-3-11-24-40)41-25-12-4-13-26-41)36-44(37-52(53)58-51)57(42-27-14-5-15-28-42)48-31-18-30-46-45-29-16-17-32-50(45)59-54(46)48/h1-37H. The van der Waals surface area contributed by atoms with E-state index in [1.165, 1.54) is 40.3 Å². The lowest BCUT2D eigenvalue weighted by molar-refractivity contribution is 1.27. The summed E-state index contributed by atoms with van der Waals surface area (Å²) in [4.78, 5) is 7.24. The van der Waals surface area contributed by atoms with Crippen molar-refractivity contribution in [1.82, 2.24) is 0 Å². The zero-order valence-corrected chi connectivity index (χ0v) is 33.7. The number of hydrogen-bond donors (Lipinski definition) is 0. The zero-order valence-electron chi connectivity index (χ0n) is 32.0. The van der Waals surface area contributed by atoms with Crippen LogP contribution in [0.5, 0.6) is 0 Å². The van der Waals surface area contributed by atoms with E-state index in [0.29, 0.717) is 0 Å². The second-order valence-electron chi connectivity index (χ2n) is 14.6. The maximum Gasteiger partial charge on any atom is 0.0640 e. The molecule has 0 saturated heterocycles. The minimum Gasteiger partial charge on any atom is -0.310 e. The summed E-state index contributed by atoms with van der Waals surface area (Å²) in [7, 11) is 0. The van der Waals surface area contributed by atoms with E-state index < -0.39 is 0 Å². The lowest BCUT2D eigenvalue weighted by Gasteiger charge is -2.30. The molecule has 0 aliphatic rings. The SMILES string of the molecule is c1ccc(N(c2ccccc2)c2ccc3sc4cc(N(c5ccccc5)c5cccc6c5sc5ccccc56)cc(N(c5ccccc5)c5ccccc5)c4c3c2)cc1.